The fourth-order valence-corrected chi connectivity index (χ4v) is 4.43. The number of rotatable bonds is 5. The minimum Gasteiger partial charge on any atom is -0.364 e. The first-order valence-electron chi connectivity index (χ1n) is 10.3. The summed E-state index contributed by atoms with van der Waals surface area (Å²) < 4.78 is 16.3. The molecule has 4 heterocycles. The Morgan fingerprint density at radius 1 is 1.39 bits per heavy atom. The number of para-hydroxylation sites is 1. The summed E-state index contributed by atoms with van der Waals surface area (Å²) in [6.07, 6.45) is 6.67. The highest BCUT2D eigenvalue weighted by Gasteiger charge is 2.35. The number of imidazole rings is 1. The maximum absolute atomic E-state index is 14.6. The first-order chi connectivity index (χ1) is 15.0. The molecule has 8 nitrogen and oxygen atoms in total. The summed E-state index contributed by atoms with van der Waals surface area (Å²) in [4.78, 5) is 24.9. The number of anilines is 1. The number of carbonyl (C=O) groups is 1. The van der Waals surface area contributed by atoms with Crippen molar-refractivity contribution in [1.29, 1.82) is 0 Å². The number of H-pyrrole nitrogens is 1. The molecular formula is C22H23FN6O2. The third-order valence-electron chi connectivity index (χ3n) is 5.87. The number of fused-ring (bicyclic) bond motifs is 2. The molecule has 1 aliphatic rings. The normalized spacial score (nSPS) is 18.9. The fourth-order valence-electron chi connectivity index (χ4n) is 4.43. The molecule has 1 aliphatic heterocycles. The van der Waals surface area contributed by atoms with Crippen molar-refractivity contribution in [3.63, 3.8) is 0 Å². The van der Waals surface area contributed by atoms with E-state index in [9.17, 15) is 9.18 Å². The number of benzene rings is 1. The van der Waals surface area contributed by atoms with E-state index in [0.717, 1.165) is 29.6 Å². The minimum absolute atomic E-state index is 0.00437. The molecule has 1 amide bonds. The van der Waals surface area contributed by atoms with Gasteiger partial charge in [-0.1, -0.05) is 19.1 Å². The maximum Gasteiger partial charge on any atom is 0.277 e. The molecule has 31 heavy (non-hydrogen) atoms. The Kier molecular flexibility index (Phi) is 4.82. The fraction of sp³-hybridized carbons (Fsp3) is 0.318. The van der Waals surface area contributed by atoms with Crippen molar-refractivity contribution in [2.75, 3.05) is 11.4 Å². The van der Waals surface area contributed by atoms with Crippen molar-refractivity contribution in [2.24, 2.45) is 0 Å². The zero-order valence-corrected chi connectivity index (χ0v) is 17.3. The second kappa shape index (κ2) is 7.66. The van der Waals surface area contributed by atoms with Crippen LogP contribution in [0, 0.1) is 12.7 Å². The molecule has 2 atom stereocenters. The predicted octanol–water partition coefficient (Wildman–Crippen LogP) is 3.38. The van der Waals surface area contributed by atoms with Gasteiger partial charge in [0, 0.05) is 30.4 Å². The monoisotopic (exact) mass is 422 g/mol. The van der Waals surface area contributed by atoms with Crippen LogP contribution in [-0.4, -0.2) is 44.2 Å². The van der Waals surface area contributed by atoms with Gasteiger partial charge in [-0.15, -0.1) is 0 Å². The number of nitrogens with one attached hydrogen (secondary N) is 2. The highest BCUT2D eigenvalue weighted by atomic mass is 19.1. The molecule has 3 aromatic heterocycles. The number of nitrogens with zero attached hydrogens (tertiary/aromatic N) is 4. The van der Waals surface area contributed by atoms with E-state index < -0.39 is 0 Å². The quantitative estimate of drug-likeness (QED) is 0.482. The highest BCUT2D eigenvalue weighted by molar-refractivity contribution is 6.04. The molecule has 0 saturated carbocycles. The molecule has 160 valence electrons. The molecule has 9 heteroatoms. The second-order valence-corrected chi connectivity index (χ2v) is 7.84. The number of hydrogen-bond acceptors (Lipinski definition) is 5. The van der Waals surface area contributed by atoms with Gasteiger partial charge in [0.1, 0.15) is 6.10 Å². The molecule has 1 aromatic carbocycles. The van der Waals surface area contributed by atoms with Gasteiger partial charge in [-0.3, -0.25) is 14.7 Å². The molecule has 2 N–H and O–H groups in total. The van der Waals surface area contributed by atoms with Gasteiger partial charge in [0.2, 0.25) is 0 Å². The number of aromatic nitrogens is 4. The van der Waals surface area contributed by atoms with Gasteiger partial charge >= 0.3 is 0 Å². The van der Waals surface area contributed by atoms with Crippen molar-refractivity contribution in [3.8, 4) is 0 Å². The number of hydrogen-bond donors (Lipinski definition) is 2. The van der Waals surface area contributed by atoms with Crippen LogP contribution in [0.2, 0.25) is 0 Å². The minimum atomic E-state index is -0.356. The first-order valence-corrected chi connectivity index (χ1v) is 10.3. The standard InChI is InChI=1S/C22H23FN6O2/c1-3-18-19(31-27-22(30)16-6-4-5-14-10-24-26-20(14)16)7-8-29(18)15-9-17(23)21-25-13(2)11-28(21)12-15/h4-6,9-12,18-19H,3,7-8H2,1-2H3,(H,24,26)(H,27,30). The third kappa shape index (κ3) is 3.40. The van der Waals surface area contributed by atoms with Gasteiger partial charge in [-0.2, -0.15) is 5.10 Å². The molecule has 1 saturated heterocycles. The van der Waals surface area contributed by atoms with Crippen LogP contribution in [0.3, 0.4) is 0 Å². The molecule has 5 rings (SSSR count). The molecule has 0 spiro atoms. The Bertz CT molecular complexity index is 1270. The Morgan fingerprint density at radius 2 is 2.26 bits per heavy atom. The van der Waals surface area contributed by atoms with Gasteiger partial charge in [0.25, 0.3) is 5.91 Å². The predicted molar refractivity (Wildman–Crippen MR) is 114 cm³/mol. The number of pyridine rings is 1. The molecule has 0 aliphatic carbocycles. The number of aryl methyl sites for hydroxylation is 1. The van der Waals surface area contributed by atoms with Crippen LogP contribution in [0.25, 0.3) is 16.6 Å². The largest absolute Gasteiger partial charge is 0.364 e. The van der Waals surface area contributed by atoms with Crippen LogP contribution in [0.4, 0.5) is 10.1 Å². The summed E-state index contributed by atoms with van der Waals surface area (Å²) in [6.45, 7) is 4.60. The van der Waals surface area contributed by atoms with Crippen LogP contribution in [-0.2, 0) is 4.84 Å². The smallest absolute Gasteiger partial charge is 0.277 e. The first kappa shape index (κ1) is 19.5. The van der Waals surface area contributed by atoms with E-state index in [0.29, 0.717) is 23.3 Å². The lowest BCUT2D eigenvalue weighted by Crippen LogP contribution is -2.39. The molecule has 2 unspecified atom stereocenters. The van der Waals surface area contributed by atoms with Crippen molar-refractivity contribution in [3.05, 3.63) is 59.9 Å². The average molecular weight is 422 g/mol. The number of amides is 1. The molecule has 0 radical (unpaired) electrons. The number of aromatic amines is 1. The maximum atomic E-state index is 14.6. The zero-order chi connectivity index (χ0) is 21.5. The molecule has 0 bridgehead atoms. The van der Waals surface area contributed by atoms with Crippen molar-refractivity contribution in [2.45, 2.75) is 38.8 Å². The van der Waals surface area contributed by atoms with Crippen LogP contribution in [0.15, 0.2) is 42.9 Å². The van der Waals surface area contributed by atoms with Gasteiger partial charge < -0.3 is 9.30 Å². The van der Waals surface area contributed by atoms with Gasteiger partial charge in [-0.05, 0) is 25.8 Å². The summed E-state index contributed by atoms with van der Waals surface area (Å²) in [7, 11) is 0. The van der Waals surface area contributed by atoms with E-state index in [2.05, 4.69) is 32.5 Å². The average Bonchev–Trinajstić information content (AvgIpc) is 3.48. The Balaban J connectivity index is 1.32. The zero-order valence-electron chi connectivity index (χ0n) is 17.3. The van der Waals surface area contributed by atoms with E-state index in [1.165, 1.54) is 6.07 Å². The summed E-state index contributed by atoms with van der Waals surface area (Å²) in [5, 5.41) is 7.70. The summed E-state index contributed by atoms with van der Waals surface area (Å²) in [6, 6.07) is 6.94. The van der Waals surface area contributed by atoms with Gasteiger partial charge in [-0.25, -0.2) is 14.9 Å². The lowest BCUT2D eigenvalue weighted by Gasteiger charge is -2.28. The number of hydroxylamine groups is 1. The number of carbonyl (C=O) groups excluding carboxylic acids is 1. The Morgan fingerprint density at radius 3 is 3.10 bits per heavy atom. The SMILES string of the molecule is CCC1C(ONC(=O)c2cccc3cn[nH]c23)CCN1c1cc(F)c2nc(C)cn2c1. The Labute approximate surface area is 178 Å². The summed E-state index contributed by atoms with van der Waals surface area (Å²) in [5.74, 6) is -0.685. The lowest BCUT2D eigenvalue weighted by molar-refractivity contribution is -0.0193. The lowest BCUT2D eigenvalue weighted by atomic mass is 10.1. The highest BCUT2D eigenvalue weighted by Crippen LogP contribution is 2.30. The summed E-state index contributed by atoms with van der Waals surface area (Å²) in [5.41, 5.74) is 5.60. The Hall–Kier alpha value is -3.46. The van der Waals surface area contributed by atoms with Crippen molar-refractivity contribution in [1.82, 2.24) is 25.1 Å². The van der Waals surface area contributed by atoms with Crippen LogP contribution in [0.1, 0.15) is 35.8 Å². The van der Waals surface area contributed by atoms with Crippen molar-refractivity contribution < 1.29 is 14.0 Å². The van der Waals surface area contributed by atoms with E-state index >= 15 is 0 Å². The number of halogens is 1. The third-order valence-corrected chi connectivity index (χ3v) is 5.87. The van der Waals surface area contributed by atoms with E-state index in [-0.39, 0.29) is 23.9 Å². The second-order valence-electron chi connectivity index (χ2n) is 7.84. The van der Waals surface area contributed by atoms with Crippen LogP contribution in [0.5, 0.6) is 0 Å². The van der Waals surface area contributed by atoms with Gasteiger partial charge in [0.05, 0.1) is 34.7 Å². The van der Waals surface area contributed by atoms with E-state index in [1.54, 1.807) is 22.7 Å². The van der Waals surface area contributed by atoms with Crippen molar-refractivity contribution >= 4 is 28.1 Å². The molecular weight excluding hydrogens is 399 g/mol. The molecule has 4 aromatic rings. The summed E-state index contributed by atoms with van der Waals surface area (Å²) >= 11 is 0. The van der Waals surface area contributed by atoms with E-state index in [4.69, 9.17) is 4.84 Å². The molecule has 1 fully saturated rings. The topological polar surface area (TPSA) is 87.5 Å². The van der Waals surface area contributed by atoms with E-state index in [1.807, 2.05) is 25.4 Å². The van der Waals surface area contributed by atoms with Crippen LogP contribution >= 0.6 is 0 Å². The van der Waals surface area contributed by atoms with Crippen LogP contribution < -0.4 is 10.4 Å². The van der Waals surface area contributed by atoms with Gasteiger partial charge in [0.15, 0.2) is 11.5 Å².